The van der Waals surface area contributed by atoms with Crippen molar-refractivity contribution in [1.82, 2.24) is 0 Å². The zero-order chi connectivity index (χ0) is 15.1. The van der Waals surface area contributed by atoms with Crippen molar-refractivity contribution in [2.45, 2.75) is 77.0 Å². The van der Waals surface area contributed by atoms with Crippen LogP contribution in [0, 0.1) is 39.9 Å². The molecular formula is C18H26N2O. The van der Waals surface area contributed by atoms with Gasteiger partial charge in [0.25, 0.3) is 0 Å². The molecule has 0 spiro atoms. The molecule has 3 nitrogen and oxygen atoms in total. The van der Waals surface area contributed by atoms with Gasteiger partial charge in [-0.05, 0) is 38.0 Å². The van der Waals surface area contributed by atoms with E-state index in [1.54, 1.807) is 0 Å². The molecule has 0 bridgehead atoms. The molecule has 2 aliphatic carbocycles. The smallest absolute Gasteiger partial charge is 0.144 e. The van der Waals surface area contributed by atoms with Crippen LogP contribution in [0.1, 0.15) is 77.0 Å². The van der Waals surface area contributed by atoms with Gasteiger partial charge in [-0.15, -0.1) is 0 Å². The topological polar surface area (TPSA) is 64.7 Å². The molecule has 2 aliphatic rings. The molecule has 0 aromatic rings. The Morgan fingerprint density at radius 1 is 0.905 bits per heavy atom. The predicted octanol–water partition coefficient (Wildman–Crippen LogP) is 4.53. The average Bonchev–Trinajstić information content (AvgIpc) is 2.45. The van der Waals surface area contributed by atoms with E-state index in [2.05, 4.69) is 12.1 Å². The van der Waals surface area contributed by atoms with Crippen LogP contribution in [0.5, 0.6) is 0 Å². The van der Waals surface area contributed by atoms with Crippen molar-refractivity contribution >= 4 is 5.78 Å². The van der Waals surface area contributed by atoms with Crippen LogP contribution in [-0.4, -0.2) is 5.78 Å². The molecule has 2 rings (SSSR count). The summed E-state index contributed by atoms with van der Waals surface area (Å²) in [4.78, 5) is 12.6. The van der Waals surface area contributed by atoms with Crippen molar-refractivity contribution in [3.8, 4) is 12.1 Å². The summed E-state index contributed by atoms with van der Waals surface area (Å²) in [6, 6.07) is 4.48. The second kappa shape index (κ2) is 7.60. The summed E-state index contributed by atoms with van der Waals surface area (Å²) in [7, 11) is 0. The van der Waals surface area contributed by atoms with Crippen molar-refractivity contribution in [3.05, 3.63) is 0 Å². The Bertz CT molecular complexity index is 421. The first-order chi connectivity index (χ1) is 10.2. The lowest BCUT2D eigenvalue weighted by atomic mass is 9.68. The average molecular weight is 286 g/mol. The van der Waals surface area contributed by atoms with E-state index in [0.717, 1.165) is 25.7 Å². The number of hydrogen-bond donors (Lipinski definition) is 0. The minimum Gasteiger partial charge on any atom is -0.299 e. The third kappa shape index (κ3) is 4.07. The zero-order valence-corrected chi connectivity index (χ0v) is 12.9. The summed E-state index contributed by atoms with van der Waals surface area (Å²) in [5.74, 6) is 0.662. The molecule has 0 saturated heterocycles. The van der Waals surface area contributed by atoms with Gasteiger partial charge >= 0.3 is 0 Å². The van der Waals surface area contributed by atoms with Crippen molar-refractivity contribution in [1.29, 1.82) is 10.5 Å². The number of Topliss-reactive ketones (excluding diaryl/α,β-unsaturated/α-hetero) is 1. The third-order valence-corrected chi connectivity index (χ3v) is 5.41. The second-order valence-electron chi connectivity index (χ2n) is 6.89. The van der Waals surface area contributed by atoms with Crippen LogP contribution in [-0.2, 0) is 4.79 Å². The number of hydrogen-bond acceptors (Lipinski definition) is 3. The first-order valence-electron chi connectivity index (χ1n) is 8.56. The normalized spacial score (nSPS) is 28.3. The molecule has 114 valence electrons. The Morgan fingerprint density at radius 2 is 1.52 bits per heavy atom. The van der Waals surface area contributed by atoms with E-state index in [-0.39, 0.29) is 5.92 Å². The van der Waals surface area contributed by atoms with Gasteiger partial charge in [0.2, 0.25) is 0 Å². The number of carbonyl (C=O) groups is 1. The molecule has 2 fully saturated rings. The fourth-order valence-electron chi connectivity index (χ4n) is 4.05. The molecule has 2 saturated carbocycles. The molecule has 0 aromatic heterocycles. The molecule has 21 heavy (non-hydrogen) atoms. The maximum absolute atomic E-state index is 12.6. The molecule has 3 heteroatoms. The Balaban J connectivity index is 2.17. The van der Waals surface area contributed by atoms with Crippen LogP contribution < -0.4 is 0 Å². The van der Waals surface area contributed by atoms with E-state index in [1.165, 1.54) is 32.1 Å². The quantitative estimate of drug-likeness (QED) is 0.711. The lowest BCUT2D eigenvalue weighted by Gasteiger charge is -2.33. The van der Waals surface area contributed by atoms with Gasteiger partial charge < -0.3 is 0 Å². The van der Waals surface area contributed by atoms with Gasteiger partial charge in [0.05, 0.1) is 12.1 Å². The van der Waals surface area contributed by atoms with Gasteiger partial charge in [-0.25, -0.2) is 0 Å². The van der Waals surface area contributed by atoms with E-state index in [0.29, 0.717) is 31.0 Å². The summed E-state index contributed by atoms with van der Waals surface area (Å²) in [5.41, 5.74) is -0.927. The van der Waals surface area contributed by atoms with Gasteiger partial charge in [-0.2, -0.15) is 10.5 Å². The Hall–Kier alpha value is -1.35. The standard InChI is InChI=1S/C18H26N2O/c19-13-18(14-20)11-7-6-10-17(21)16(12-18)15-8-4-2-1-3-5-9-15/h15-16H,1-12H2. The number of ketones is 1. The highest BCUT2D eigenvalue weighted by Gasteiger charge is 2.40. The summed E-state index contributed by atoms with van der Waals surface area (Å²) in [6.45, 7) is 0. The molecule has 1 unspecified atom stereocenters. The fraction of sp³-hybridized carbons (Fsp3) is 0.833. The van der Waals surface area contributed by atoms with Crippen LogP contribution in [0.15, 0.2) is 0 Å². The van der Waals surface area contributed by atoms with Crippen molar-refractivity contribution in [2.24, 2.45) is 17.3 Å². The maximum Gasteiger partial charge on any atom is 0.144 e. The number of nitriles is 2. The summed E-state index contributed by atoms with van der Waals surface area (Å²) >= 11 is 0. The van der Waals surface area contributed by atoms with Crippen LogP contribution in [0.2, 0.25) is 0 Å². The van der Waals surface area contributed by atoms with Crippen molar-refractivity contribution in [2.75, 3.05) is 0 Å². The lowest BCUT2D eigenvalue weighted by molar-refractivity contribution is -0.126. The molecule has 0 heterocycles. The molecule has 0 radical (unpaired) electrons. The first-order valence-corrected chi connectivity index (χ1v) is 8.56. The van der Waals surface area contributed by atoms with Crippen LogP contribution in [0.25, 0.3) is 0 Å². The SMILES string of the molecule is N#CC1(C#N)CCCCC(=O)C(C2CCCCCCC2)C1. The number of nitrogens with zero attached hydrogens (tertiary/aromatic N) is 2. The van der Waals surface area contributed by atoms with Crippen LogP contribution in [0.4, 0.5) is 0 Å². The Kier molecular flexibility index (Phi) is 5.80. The zero-order valence-electron chi connectivity index (χ0n) is 12.9. The minimum absolute atomic E-state index is 0.0531. The largest absolute Gasteiger partial charge is 0.299 e. The van der Waals surface area contributed by atoms with Crippen LogP contribution >= 0.6 is 0 Å². The lowest BCUT2D eigenvalue weighted by Crippen LogP contribution is -2.33. The van der Waals surface area contributed by atoms with Crippen LogP contribution in [0.3, 0.4) is 0 Å². The molecule has 0 aromatic carbocycles. The fourth-order valence-corrected chi connectivity index (χ4v) is 4.05. The molecule has 0 N–H and O–H groups in total. The summed E-state index contributed by atoms with van der Waals surface area (Å²) in [5, 5.41) is 19.0. The number of carbonyl (C=O) groups excluding carboxylic acids is 1. The Morgan fingerprint density at radius 3 is 2.14 bits per heavy atom. The maximum atomic E-state index is 12.6. The molecule has 0 amide bonds. The Labute approximate surface area is 128 Å². The summed E-state index contributed by atoms with van der Waals surface area (Å²) in [6.07, 6.45) is 11.9. The monoisotopic (exact) mass is 286 g/mol. The molecular weight excluding hydrogens is 260 g/mol. The predicted molar refractivity (Wildman–Crippen MR) is 81.1 cm³/mol. The highest BCUT2D eigenvalue weighted by atomic mass is 16.1. The van der Waals surface area contributed by atoms with E-state index in [4.69, 9.17) is 0 Å². The van der Waals surface area contributed by atoms with E-state index in [1.807, 2.05) is 0 Å². The van der Waals surface area contributed by atoms with Crippen molar-refractivity contribution < 1.29 is 4.79 Å². The van der Waals surface area contributed by atoms with E-state index >= 15 is 0 Å². The summed E-state index contributed by atoms with van der Waals surface area (Å²) < 4.78 is 0. The van der Waals surface area contributed by atoms with E-state index < -0.39 is 5.41 Å². The molecule has 1 atom stereocenters. The van der Waals surface area contributed by atoms with Gasteiger partial charge in [-0.3, -0.25) is 4.79 Å². The second-order valence-corrected chi connectivity index (χ2v) is 6.89. The van der Waals surface area contributed by atoms with Gasteiger partial charge in [-0.1, -0.05) is 38.5 Å². The highest BCUT2D eigenvalue weighted by molar-refractivity contribution is 5.81. The first kappa shape index (κ1) is 16.0. The van der Waals surface area contributed by atoms with Gasteiger partial charge in [0, 0.05) is 12.3 Å². The third-order valence-electron chi connectivity index (χ3n) is 5.41. The minimum atomic E-state index is -0.927. The van der Waals surface area contributed by atoms with Gasteiger partial charge in [0.15, 0.2) is 0 Å². The molecule has 0 aliphatic heterocycles. The van der Waals surface area contributed by atoms with E-state index in [9.17, 15) is 15.3 Å². The number of rotatable bonds is 1. The highest BCUT2D eigenvalue weighted by Crippen LogP contribution is 2.41. The van der Waals surface area contributed by atoms with Gasteiger partial charge in [0.1, 0.15) is 11.2 Å². The van der Waals surface area contributed by atoms with Crippen molar-refractivity contribution in [3.63, 3.8) is 0 Å².